The molecule has 1 heterocycles. The Balaban J connectivity index is 1.78. The summed E-state index contributed by atoms with van der Waals surface area (Å²) >= 11 is 6.55. The number of rotatable bonds is 5. The van der Waals surface area contributed by atoms with Crippen LogP contribution in [0.5, 0.6) is 0 Å². The summed E-state index contributed by atoms with van der Waals surface area (Å²) in [5.41, 5.74) is 4.23. The molecule has 0 fully saturated rings. The number of aromatic nitrogens is 2. The lowest BCUT2D eigenvalue weighted by Crippen LogP contribution is -2.18. The zero-order valence-corrected chi connectivity index (χ0v) is 14.1. The number of hydrogen-bond donors (Lipinski definition) is 1. The second-order valence-corrected chi connectivity index (χ2v) is 5.97. The molecule has 3 aromatic rings. The minimum Gasteiger partial charge on any atom is -0.306 e. The summed E-state index contributed by atoms with van der Waals surface area (Å²) in [6.07, 6.45) is 0. The summed E-state index contributed by atoms with van der Waals surface area (Å²) < 4.78 is 1.79. The van der Waals surface area contributed by atoms with Gasteiger partial charge in [-0.05, 0) is 31.5 Å². The first kappa shape index (κ1) is 15.8. The minimum atomic E-state index is 0.256. The zero-order chi connectivity index (χ0) is 16.2. The highest BCUT2D eigenvalue weighted by Gasteiger charge is 2.15. The van der Waals surface area contributed by atoms with Crippen molar-refractivity contribution in [2.24, 2.45) is 0 Å². The van der Waals surface area contributed by atoms with Crippen LogP contribution in [0.3, 0.4) is 0 Å². The smallest absolute Gasteiger partial charge is 0.137 e. The van der Waals surface area contributed by atoms with E-state index in [-0.39, 0.29) is 6.04 Å². The van der Waals surface area contributed by atoms with Gasteiger partial charge in [-0.1, -0.05) is 60.1 Å². The number of benzene rings is 2. The van der Waals surface area contributed by atoms with Crippen LogP contribution in [0, 0.1) is 6.92 Å². The quantitative estimate of drug-likeness (QED) is 0.737. The summed E-state index contributed by atoms with van der Waals surface area (Å²) in [5, 5.41) is 8.77. The Morgan fingerprint density at radius 1 is 1.04 bits per heavy atom. The number of nitrogens with one attached hydrogen (secondary N) is 1. The van der Waals surface area contributed by atoms with Gasteiger partial charge >= 0.3 is 0 Å². The summed E-state index contributed by atoms with van der Waals surface area (Å²) in [7, 11) is 0. The largest absolute Gasteiger partial charge is 0.306 e. The molecule has 118 valence electrons. The molecule has 0 saturated carbocycles. The molecule has 0 aliphatic heterocycles. The number of nitrogens with zero attached hydrogens (tertiary/aromatic N) is 2. The van der Waals surface area contributed by atoms with Crippen LogP contribution in [0.1, 0.15) is 29.8 Å². The van der Waals surface area contributed by atoms with Crippen LogP contribution in [0.4, 0.5) is 0 Å². The van der Waals surface area contributed by atoms with Crippen LogP contribution in [0.2, 0.25) is 5.15 Å². The van der Waals surface area contributed by atoms with Crippen molar-refractivity contribution in [1.82, 2.24) is 15.1 Å². The topological polar surface area (TPSA) is 29.9 Å². The van der Waals surface area contributed by atoms with Crippen molar-refractivity contribution in [1.29, 1.82) is 0 Å². The van der Waals surface area contributed by atoms with Gasteiger partial charge in [-0.3, -0.25) is 0 Å². The molecule has 1 N–H and O–H groups in total. The average Bonchev–Trinajstić information content (AvgIpc) is 2.88. The molecule has 3 rings (SSSR count). The molecule has 0 spiro atoms. The Bertz CT molecular complexity index is 766. The van der Waals surface area contributed by atoms with E-state index in [2.05, 4.69) is 41.6 Å². The average molecular weight is 326 g/mol. The Morgan fingerprint density at radius 2 is 1.65 bits per heavy atom. The Kier molecular flexibility index (Phi) is 4.79. The number of para-hydroxylation sites is 1. The van der Waals surface area contributed by atoms with Gasteiger partial charge in [0.25, 0.3) is 0 Å². The van der Waals surface area contributed by atoms with E-state index in [0.29, 0.717) is 11.7 Å². The molecule has 0 unspecified atom stereocenters. The number of halogens is 1. The monoisotopic (exact) mass is 325 g/mol. The molecule has 0 aliphatic carbocycles. The van der Waals surface area contributed by atoms with Gasteiger partial charge in [0.1, 0.15) is 5.15 Å². The first-order valence-electron chi connectivity index (χ1n) is 7.74. The van der Waals surface area contributed by atoms with E-state index < -0.39 is 0 Å². The maximum absolute atomic E-state index is 6.55. The summed E-state index contributed by atoms with van der Waals surface area (Å²) in [5.74, 6) is 0. The number of aryl methyl sites for hydroxylation is 1. The maximum atomic E-state index is 6.55. The standard InChI is InChI=1S/C19H20ClN3/c1-14(16-9-5-3-6-10-16)21-13-18-15(2)22-23(19(18)20)17-11-7-4-8-12-17/h3-12,14,21H,13H2,1-2H3/t14-/m0/s1. The predicted molar refractivity (Wildman–Crippen MR) is 95.0 cm³/mol. The highest BCUT2D eigenvalue weighted by atomic mass is 35.5. The molecular weight excluding hydrogens is 306 g/mol. The van der Waals surface area contributed by atoms with Crippen LogP contribution in [-0.2, 0) is 6.54 Å². The van der Waals surface area contributed by atoms with Gasteiger partial charge in [0.2, 0.25) is 0 Å². The van der Waals surface area contributed by atoms with Crippen molar-refractivity contribution in [3.63, 3.8) is 0 Å². The molecule has 0 aliphatic rings. The molecule has 2 aromatic carbocycles. The molecule has 0 saturated heterocycles. The second-order valence-electron chi connectivity index (χ2n) is 5.62. The third-order valence-electron chi connectivity index (χ3n) is 4.01. The fraction of sp³-hybridized carbons (Fsp3) is 0.211. The van der Waals surface area contributed by atoms with E-state index in [1.807, 2.05) is 43.3 Å². The van der Waals surface area contributed by atoms with Crippen LogP contribution in [0.25, 0.3) is 5.69 Å². The van der Waals surface area contributed by atoms with Crippen molar-refractivity contribution in [3.05, 3.63) is 82.6 Å². The van der Waals surface area contributed by atoms with Gasteiger partial charge in [0, 0.05) is 18.2 Å². The lowest BCUT2D eigenvalue weighted by molar-refractivity contribution is 0.573. The predicted octanol–water partition coefficient (Wildman–Crippen LogP) is 4.68. The van der Waals surface area contributed by atoms with Gasteiger partial charge in [0.15, 0.2) is 0 Å². The SMILES string of the molecule is Cc1nn(-c2ccccc2)c(Cl)c1CN[C@@H](C)c1ccccc1. The third-order valence-corrected chi connectivity index (χ3v) is 4.40. The van der Waals surface area contributed by atoms with Crippen molar-refractivity contribution >= 4 is 11.6 Å². The van der Waals surface area contributed by atoms with Gasteiger partial charge in [-0.15, -0.1) is 0 Å². The van der Waals surface area contributed by atoms with Crippen molar-refractivity contribution in [2.75, 3.05) is 0 Å². The first-order chi connectivity index (χ1) is 11.2. The highest BCUT2D eigenvalue weighted by Crippen LogP contribution is 2.24. The van der Waals surface area contributed by atoms with E-state index in [1.165, 1.54) is 5.56 Å². The Hall–Kier alpha value is -2.10. The van der Waals surface area contributed by atoms with E-state index in [9.17, 15) is 0 Å². The van der Waals surface area contributed by atoms with E-state index in [4.69, 9.17) is 11.6 Å². The molecule has 23 heavy (non-hydrogen) atoms. The molecule has 3 nitrogen and oxygen atoms in total. The van der Waals surface area contributed by atoms with Crippen molar-refractivity contribution in [3.8, 4) is 5.69 Å². The molecule has 0 amide bonds. The fourth-order valence-electron chi connectivity index (χ4n) is 2.59. The molecule has 1 atom stereocenters. The van der Waals surface area contributed by atoms with E-state index in [1.54, 1.807) is 4.68 Å². The van der Waals surface area contributed by atoms with Gasteiger partial charge in [-0.25, -0.2) is 4.68 Å². The maximum Gasteiger partial charge on any atom is 0.137 e. The molecule has 4 heteroatoms. The Labute approximate surface area is 141 Å². The third kappa shape index (κ3) is 3.46. The molecule has 0 bridgehead atoms. The lowest BCUT2D eigenvalue weighted by atomic mass is 10.1. The fourth-order valence-corrected chi connectivity index (χ4v) is 2.93. The van der Waals surface area contributed by atoms with Gasteiger partial charge < -0.3 is 5.32 Å². The summed E-state index contributed by atoms with van der Waals surface area (Å²) in [4.78, 5) is 0. The highest BCUT2D eigenvalue weighted by molar-refractivity contribution is 6.30. The summed E-state index contributed by atoms with van der Waals surface area (Å²) in [6, 6.07) is 20.6. The van der Waals surface area contributed by atoms with Gasteiger partial charge in [-0.2, -0.15) is 5.10 Å². The first-order valence-corrected chi connectivity index (χ1v) is 8.12. The minimum absolute atomic E-state index is 0.256. The Morgan fingerprint density at radius 3 is 2.30 bits per heavy atom. The summed E-state index contributed by atoms with van der Waals surface area (Å²) in [6.45, 7) is 4.84. The van der Waals surface area contributed by atoms with Crippen LogP contribution < -0.4 is 5.32 Å². The van der Waals surface area contributed by atoms with E-state index in [0.717, 1.165) is 16.9 Å². The number of hydrogen-bond acceptors (Lipinski definition) is 2. The van der Waals surface area contributed by atoms with Crippen molar-refractivity contribution < 1.29 is 0 Å². The second kappa shape index (κ2) is 6.99. The zero-order valence-electron chi connectivity index (χ0n) is 13.3. The molecular formula is C19H20ClN3. The van der Waals surface area contributed by atoms with E-state index >= 15 is 0 Å². The van der Waals surface area contributed by atoms with Crippen LogP contribution >= 0.6 is 11.6 Å². The van der Waals surface area contributed by atoms with Crippen LogP contribution in [-0.4, -0.2) is 9.78 Å². The molecule has 1 aromatic heterocycles. The van der Waals surface area contributed by atoms with Gasteiger partial charge in [0.05, 0.1) is 11.4 Å². The van der Waals surface area contributed by atoms with Crippen LogP contribution in [0.15, 0.2) is 60.7 Å². The van der Waals surface area contributed by atoms with Crippen molar-refractivity contribution in [2.45, 2.75) is 26.4 Å². The lowest BCUT2D eigenvalue weighted by Gasteiger charge is -2.14. The normalized spacial score (nSPS) is 12.3. The molecule has 0 radical (unpaired) electrons.